The average Bonchev–Trinajstić information content (AvgIpc) is 3.27. The molecule has 0 saturated heterocycles. The summed E-state index contributed by atoms with van der Waals surface area (Å²) in [4.78, 5) is 28.4. The fourth-order valence-corrected chi connectivity index (χ4v) is 2.97. The van der Waals surface area contributed by atoms with Crippen LogP contribution in [0.2, 0.25) is 5.15 Å². The number of carbonyl (C=O) groups excluding carboxylic acids is 2. The van der Waals surface area contributed by atoms with Gasteiger partial charge in [-0.1, -0.05) is 11.6 Å². The van der Waals surface area contributed by atoms with Crippen molar-refractivity contribution in [3.8, 4) is 0 Å². The van der Waals surface area contributed by atoms with E-state index in [0.29, 0.717) is 16.6 Å². The number of amides is 2. The van der Waals surface area contributed by atoms with Crippen LogP contribution in [0.4, 0.5) is 0 Å². The summed E-state index contributed by atoms with van der Waals surface area (Å²) in [6, 6.07) is 3.49. The van der Waals surface area contributed by atoms with Crippen LogP contribution in [0.5, 0.6) is 0 Å². The van der Waals surface area contributed by atoms with Gasteiger partial charge in [-0.05, 0) is 18.2 Å². The zero-order valence-corrected chi connectivity index (χ0v) is 13.9. The van der Waals surface area contributed by atoms with Crippen LogP contribution in [0.15, 0.2) is 40.5 Å². The lowest BCUT2D eigenvalue weighted by Crippen LogP contribution is -2.35. The molecule has 0 aliphatic heterocycles. The lowest BCUT2D eigenvalue weighted by molar-refractivity contribution is -0.124. The van der Waals surface area contributed by atoms with Crippen molar-refractivity contribution in [3.05, 3.63) is 52.7 Å². The molecule has 3 rings (SSSR count). The third kappa shape index (κ3) is 3.84. The molecule has 3 heterocycles. The van der Waals surface area contributed by atoms with E-state index >= 15 is 0 Å². The second-order valence-electron chi connectivity index (χ2n) is 4.75. The van der Waals surface area contributed by atoms with Crippen molar-refractivity contribution in [2.45, 2.75) is 6.54 Å². The van der Waals surface area contributed by atoms with Gasteiger partial charge in [-0.2, -0.15) is 0 Å². The van der Waals surface area contributed by atoms with Crippen LogP contribution < -0.4 is 10.6 Å². The Balaban J connectivity index is 1.49. The Morgan fingerprint density at radius 2 is 2.29 bits per heavy atom. The lowest BCUT2D eigenvalue weighted by atomic mass is 10.4. The highest BCUT2D eigenvalue weighted by atomic mass is 35.5. The van der Waals surface area contributed by atoms with E-state index in [0.717, 1.165) is 4.96 Å². The first-order valence-corrected chi connectivity index (χ1v) is 8.25. The molecule has 0 aliphatic carbocycles. The number of carbonyl (C=O) groups is 2. The SMILES string of the molecule is O=C(/C=C/c1c(Cl)nc2sccn12)NCC(=O)NCc1ccco1. The number of halogens is 1. The highest BCUT2D eigenvalue weighted by Crippen LogP contribution is 2.22. The van der Waals surface area contributed by atoms with Gasteiger partial charge in [0.15, 0.2) is 10.1 Å². The second-order valence-corrected chi connectivity index (χ2v) is 5.98. The molecule has 0 aromatic carbocycles. The summed E-state index contributed by atoms with van der Waals surface area (Å²) in [7, 11) is 0. The van der Waals surface area contributed by atoms with E-state index in [9.17, 15) is 9.59 Å². The van der Waals surface area contributed by atoms with E-state index in [1.807, 2.05) is 11.6 Å². The van der Waals surface area contributed by atoms with Crippen molar-refractivity contribution in [2.24, 2.45) is 0 Å². The van der Waals surface area contributed by atoms with Crippen molar-refractivity contribution in [3.63, 3.8) is 0 Å². The Kier molecular flexibility index (Phi) is 4.97. The molecule has 2 amide bonds. The van der Waals surface area contributed by atoms with Crippen LogP contribution in [-0.2, 0) is 16.1 Å². The largest absolute Gasteiger partial charge is 0.467 e. The van der Waals surface area contributed by atoms with Crippen LogP contribution >= 0.6 is 22.9 Å². The van der Waals surface area contributed by atoms with Gasteiger partial charge in [-0.3, -0.25) is 14.0 Å². The number of imidazole rings is 1. The normalized spacial score (nSPS) is 11.2. The van der Waals surface area contributed by atoms with E-state index in [1.165, 1.54) is 23.7 Å². The summed E-state index contributed by atoms with van der Waals surface area (Å²) in [6.07, 6.45) is 6.22. The first kappa shape index (κ1) is 16.3. The number of nitrogens with one attached hydrogen (secondary N) is 2. The quantitative estimate of drug-likeness (QED) is 0.655. The van der Waals surface area contributed by atoms with Crippen molar-refractivity contribution in [1.29, 1.82) is 0 Å². The number of thiazole rings is 1. The maximum Gasteiger partial charge on any atom is 0.244 e. The number of furan rings is 1. The zero-order chi connectivity index (χ0) is 16.9. The molecule has 0 radical (unpaired) electrons. The molecular weight excluding hydrogens is 352 g/mol. The standard InChI is InChI=1S/C15H13ClN4O3S/c16-14-11(20-5-7-24-15(20)19-14)3-4-12(21)18-9-13(22)17-8-10-2-1-6-23-10/h1-7H,8-9H2,(H,17,22)(H,18,21)/b4-3+. The highest BCUT2D eigenvalue weighted by Gasteiger charge is 2.09. The van der Waals surface area contributed by atoms with Gasteiger partial charge in [0.2, 0.25) is 11.8 Å². The Bertz CT molecular complexity index is 882. The minimum absolute atomic E-state index is 0.127. The van der Waals surface area contributed by atoms with Crippen LogP contribution in [0.3, 0.4) is 0 Å². The first-order valence-electron chi connectivity index (χ1n) is 6.99. The number of hydrogen-bond acceptors (Lipinski definition) is 5. The fourth-order valence-electron chi connectivity index (χ4n) is 1.97. The van der Waals surface area contributed by atoms with Gasteiger partial charge in [0, 0.05) is 17.7 Å². The van der Waals surface area contributed by atoms with Crippen LogP contribution in [0.1, 0.15) is 11.5 Å². The first-order chi connectivity index (χ1) is 11.6. The van der Waals surface area contributed by atoms with Gasteiger partial charge >= 0.3 is 0 Å². The van der Waals surface area contributed by atoms with E-state index in [1.54, 1.807) is 22.6 Å². The number of rotatable bonds is 6. The molecular formula is C15H13ClN4O3S. The number of aromatic nitrogens is 2. The molecule has 0 bridgehead atoms. The molecule has 0 saturated carbocycles. The lowest BCUT2D eigenvalue weighted by Gasteiger charge is -2.03. The fraction of sp³-hybridized carbons (Fsp3) is 0.133. The monoisotopic (exact) mass is 364 g/mol. The Hall–Kier alpha value is -2.58. The Labute approximate surface area is 145 Å². The summed E-state index contributed by atoms with van der Waals surface area (Å²) < 4.78 is 6.88. The van der Waals surface area contributed by atoms with E-state index in [4.69, 9.17) is 16.0 Å². The maximum absolute atomic E-state index is 11.8. The molecule has 124 valence electrons. The van der Waals surface area contributed by atoms with Crippen molar-refractivity contribution < 1.29 is 14.0 Å². The smallest absolute Gasteiger partial charge is 0.244 e. The maximum atomic E-state index is 11.8. The number of nitrogens with zero attached hydrogens (tertiary/aromatic N) is 2. The van der Waals surface area contributed by atoms with Gasteiger partial charge in [0.1, 0.15) is 5.76 Å². The van der Waals surface area contributed by atoms with Crippen LogP contribution in [0, 0.1) is 0 Å². The van der Waals surface area contributed by atoms with E-state index in [-0.39, 0.29) is 19.0 Å². The van der Waals surface area contributed by atoms with Gasteiger partial charge in [0.25, 0.3) is 0 Å². The van der Waals surface area contributed by atoms with Crippen molar-refractivity contribution in [1.82, 2.24) is 20.0 Å². The topological polar surface area (TPSA) is 88.6 Å². The van der Waals surface area contributed by atoms with E-state index < -0.39 is 5.91 Å². The molecule has 7 nitrogen and oxygen atoms in total. The molecule has 0 fully saturated rings. The molecule has 24 heavy (non-hydrogen) atoms. The van der Waals surface area contributed by atoms with Crippen molar-refractivity contribution >= 4 is 45.8 Å². The highest BCUT2D eigenvalue weighted by molar-refractivity contribution is 7.15. The molecule has 0 spiro atoms. The zero-order valence-electron chi connectivity index (χ0n) is 12.4. The summed E-state index contributed by atoms with van der Waals surface area (Å²) >= 11 is 7.48. The number of hydrogen-bond donors (Lipinski definition) is 2. The van der Waals surface area contributed by atoms with Gasteiger partial charge in [-0.25, -0.2) is 4.98 Å². The number of fused-ring (bicyclic) bond motifs is 1. The minimum Gasteiger partial charge on any atom is -0.467 e. The predicted octanol–water partition coefficient (Wildman–Crippen LogP) is 2.09. The van der Waals surface area contributed by atoms with Gasteiger partial charge in [0.05, 0.1) is 25.0 Å². The van der Waals surface area contributed by atoms with Crippen molar-refractivity contribution in [2.75, 3.05) is 6.54 Å². The van der Waals surface area contributed by atoms with Gasteiger partial charge in [-0.15, -0.1) is 11.3 Å². The minimum atomic E-state index is -0.399. The Morgan fingerprint density at radius 3 is 3.08 bits per heavy atom. The third-order valence-corrected chi connectivity index (χ3v) is 4.14. The molecule has 9 heteroatoms. The summed E-state index contributed by atoms with van der Waals surface area (Å²) in [5.74, 6) is -0.0649. The molecule has 0 aliphatic rings. The molecule has 2 N–H and O–H groups in total. The van der Waals surface area contributed by atoms with Gasteiger partial charge < -0.3 is 15.1 Å². The summed E-state index contributed by atoms with van der Waals surface area (Å²) in [5.41, 5.74) is 0.616. The summed E-state index contributed by atoms with van der Waals surface area (Å²) in [6.45, 7) is 0.150. The average molecular weight is 365 g/mol. The van der Waals surface area contributed by atoms with E-state index in [2.05, 4.69) is 15.6 Å². The van der Waals surface area contributed by atoms with Crippen LogP contribution in [-0.4, -0.2) is 27.7 Å². The third-order valence-electron chi connectivity index (χ3n) is 3.11. The molecule has 3 aromatic heterocycles. The predicted molar refractivity (Wildman–Crippen MR) is 90.7 cm³/mol. The molecule has 3 aromatic rings. The molecule has 0 atom stereocenters. The molecule has 0 unspecified atom stereocenters. The Morgan fingerprint density at radius 1 is 1.42 bits per heavy atom. The van der Waals surface area contributed by atoms with Crippen LogP contribution in [0.25, 0.3) is 11.0 Å². The summed E-state index contributed by atoms with van der Waals surface area (Å²) in [5, 5.41) is 7.33. The second kappa shape index (κ2) is 7.33.